The fourth-order valence-corrected chi connectivity index (χ4v) is 8.26. The molecule has 2 aliphatic carbocycles. The van der Waals surface area contributed by atoms with Crippen LogP contribution in [-0.4, -0.2) is 77.5 Å². The van der Waals surface area contributed by atoms with Crippen molar-refractivity contribution in [1.82, 2.24) is 19.5 Å². The minimum atomic E-state index is -1.62. The molecule has 47 heavy (non-hydrogen) atoms. The van der Waals surface area contributed by atoms with Crippen molar-refractivity contribution in [3.63, 3.8) is 0 Å². The lowest BCUT2D eigenvalue weighted by Gasteiger charge is -2.37. The highest BCUT2D eigenvalue weighted by molar-refractivity contribution is 7.44. The Labute approximate surface area is 279 Å². The number of nitriles is 1. The number of ether oxygens (including phenoxy) is 2. The van der Waals surface area contributed by atoms with Gasteiger partial charge in [-0.25, -0.2) is 14.3 Å². The predicted octanol–water partition coefficient (Wildman–Crippen LogP) is 4.05. The standard InChI is InChI=1S/C33H48N5O8P/c1-22(2)38(23(3)4)47(44-17-10-15-34)46-28-19-30(45-29(28)21-39)37-20-24(31(40)36-32(37)41)11-9-16-35-33(42)43-18-14-27-25-12-7-5-6-8-13-26(25)27/h9,11,20,22-23,25-30,39H,7-8,10,12-14,16-19,21H2,1-4H3,(H,35,42)(H,36,40,41)/b11-9+/t25-,26+,27?,28?,29-,30-,47?/m1/s1/i39D. The molecule has 0 bridgehead atoms. The molecule has 13 nitrogen and oxygen atoms in total. The number of hydrogen-bond acceptors (Lipinski definition) is 10. The van der Waals surface area contributed by atoms with Crippen molar-refractivity contribution in [2.45, 2.75) is 103 Å². The highest BCUT2D eigenvalue weighted by Crippen LogP contribution is 2.54. The molecule has 14 heteroatoms. The van der Waals surface area contributed by atoms with Gasteiger partial charge >= 0.3 is 11.8 Å². The largest absolute Gasteiger partial charge is 0.450 e. The van der Waals surface area contributed by atoms with E-state index in [9.17, 15) is 14.4 Å². The lowest BCUT2D eigenvalue weighted by atomic mass is 10.1. The maximum atomic E-state index is 12.9. The molecule has 1 saturated carbocycles. The summed E-state index contributed by atoms with van der Waals surface area (Å²) >= 11 is 0. The maximum Gasteiger partial charge on any atom is 0.407 e. The molecule has 0 spiro atoms. The smallest absolute Gasteiger partial charge is 0.407 e. The van der Waals surface area contributed by atoms with E-state index in [1.165, 1.54) is 16.8 Å². The van der Waals surface area contributed by atoms with Gasteiger partial charge in [0.2, 0.25) is 1.43 Å². The van der Waals surface area contributed by atoms with E-state index in [-0.39, 0.29) is 50.2 Å². The van der Waals surface area contributed by atoms with Gasteiger partial charge in [-0.05, 0) is 64.7 Å². The van der Waals surface area contributed by atoms with Gasteiger partial charge in [0.1, 0.15) is 12.3 Å². The number of H-pyrrole nitrogens is 1. The lowest BCUT2D eigenvalue weighted by molar-refractivity contribution is -0.0439. The number of carbonyl (C=O) groups excluding carboxylic acids is 1. The van der Waals surface area contributed by atoms with Crippen molar-refractivity contribution in [2.24, 2.45) is 17.8 Å². The van der Waals surface area contributed by atoms with E-state index in [0.29, 0.717) is 24.4 Å². The summed E-state index contributed by atoms with van der Waals surface area (Å²) in [4.78, 5) is 40.0. The van der Waals surface area contributed by atoms with E-state index in [4.69, 9.17) is 25.2 Å². The zero-order chi connectivity index (χ0) is 34.6. The first kappa shape index (κ1) is 35.3. The molecule has 1 saturated heterocycles. The normalized spacial score (nSPS) is 26.2. The Morgan fingerprint density at radius 2 is 2.00 bits per heavy atom. The van der Waals surface area contributed by atoms with Crippen LogP contribution in [0.5, 0.6) is 0 Å². The molecular formula is C33H48N5O8P. The fraction of sp³-hybridized carbons (Fsp3) is 0.697. The average Bonchev–Trinajstić information content (AvgIpc) is 3.48. The van der Waals surface area contributed by atoms with Gasteiger partial charge in [0.25, 0.3) is 14.1 Å². The van der Waals surface area contributed by atoms with Gasteiger partial charge < -0.3 is 28.9 Å². The molecule has 3 N–H and O–H groups in total. The average molecular weight is 675 g/mol. The summed E-state index contributed by atoms with van der Waals surface area (Å²) in [5, 5.41) is 16.3. The first-order valence-corrected chi connectivity index (χ1v) is 17.6. The Morgan fingerprint density at radius 3 is 2.66 bits per heavy atom. The van der Waals surface area contributed by atoms with Crippen molar-refractivity contribution < 1.29 is 28.4 Å². The summed E-state index contributed by atoms with van der Waals surface area (Å²) in [5.74, 6) is 8.42. The van der Waals surface area contributed by atoms with E-state index >= 15 is 0 Å². The Morgan fingerprint density at radius 1 is 1.28 bits per heavy atom. The molecule has 7 atom stereocenters. The van der Waals surface area contributed by atoms with Gasteiger partial charge in [-0.3, -0.25) is 14.3 Å². The molecule has 1 aromatic heterocycles. The van der Waals surface area contributed by atoms with E-state index in [1.807, 2.05) is 27.7 Å². The third-order valence-corrected chi connectivity index (χ3v) is 10.9. The van der Waals surface area contributed by atoms with Crippen molar-refractivity contribution in [2.75, 3.05) is 26.4 Å². The first-order valence-electron chi connectivity index (χ1n) is 16.9. The summed E-state index contributed by atoms with van der Waals surface area (Å²) in [6, 6.07) is 2.23. The number of nitrogens with zero attached hydrogens (tertiary/aromatic N) is 3. The molecule has 0 aromatic carbocycles. The Kier molecular flexibility index (Phi) is 13.5. The molecule has 1 amide bonds. The number of aliphatic hydroxyl groups is 1. The second kappa shape index (κ2) is 17.9. The van der Waals surface area contributed by atoms with Crippen LogP contribution in [0.3, 0.4) is 0 Å². The SMILES string of the molecule is [2H]OC[C@H]1O[C@@H](n2cc(/C=C/CNC(=O)OCCC3[C@H]4CCC#CCC[C@@H]34)c(=O)[nH]c2=O)CC1OP(OCCC#N)N(C(C)C)C(C)C. The lowest BCUT2D eigenvalue weighted by Crippen LogP contribution is -2.36. The number of alkyl carbamates (subject to hydrolysis) is 1. The summed E-state index contributed by atoms with van der Waals surface area (Å²) in [7, 11) is -1.62. The molecule has 4 rings (SSSR count). The number of aromatic amines is 1. The van der Waals surface area contributed by atoms with Crippen molar-refractivity contribution >= 4 is 20.7 Å². The summed E-state index contributed by atoms with van der Waals surface area (Å²) in [5.41, 5.74) is -1.07. The van der Waals surface area contributed by atoms with Crippen LogP contribution < -0.4 is 16.6 Å². The molecule has 3 aliphatic rings. The van der Waals surface area contributed by atoms with E-state index < -0.39 is 44.3 Å². The number of fused-ring (bicyclic) bond motifs is 1. The van der Waals surface area contributed by atoms with Crippen LogP contribution in [0.4, 0.5) is 4.79 Å². The predicted molar refractivity (Wildman–Crippen MR) is 177 cm³/mol. The minimum Gasteiger partial charge on any atom is -0.450 e. The van der Waals surface area contributed by atoms with Crippen LogP contribution in [-0.2, 0) is 18.5 Å². The van der Waals surface area contributed by atoms with Crippen LogP contribution >= 0.6 is 8.53 Å². The summed E-state index contributed by atoms with van der Waals surface area (Å²) < 4.78 is 34.6. The number of aliphatic hydroxyl groups excluding tert-OH is 1. The minimum absolute atomic E-state index is 0.0759. The van der Waals surface area contributed by atoms with Gasteiger partial charge in [0, 0.05) is 44.1 Å². The topological polar surface area (TPSA) is 168 Å². The molecule has 1 aromatic rings. The van der Waals surface area contributed by atoms with Crippen LogP contribution in [0.2, 0.25) is 0 Å². The molecule has 258 valence electrons. The van der Waals surface area contributed by atoms with Crippen LogP contribution in [0, 0.1) is 40.9 Å². The number of carbonyl (C=O) groups is 1. The van der Waals surface area contributed by atoms with Crippen molar-refractivity contribution in [3.8, 4) is 17.9 Å². The van der Waals surface area contributed by atoms with Crippen LogP contribution in [0.25, 0.3) is 6.08 Å². The first-order chi connectivity index (χ1) is 23.1. The van der Waals surface area contributed by atoms with E-state index in [1.54, 1.807) is 6.08 Å². The van der Waals surface area contributed by atoms with Crippen molar-refractivity contribution in [1.29, 1.82) is 6.69 Å². The van der Waals surface area contributed by atoms with Gasteiger partial charge in [-0.1, -0.05) is 12.2 Å². The van der Waals surface area contributed by atoms with Crippen LogP contribution in [0.1, 0.15) is 84.4 Å². The van der Waals surface area contributed by atoms with Crippen LogP contribution in [0.15, 0.2) is 21.9 Å². The van der Waals surface area contributed by atoms with Gasteiger partial charge in [0.05, 0.1) is 44.0 Å². The maximum absolute atomic E-state index is 12.9. The highest BCUT2D eigenvalue weighted by atomic mass is 31.2. The summed E-state index contributed by atoms with van der Waals surface area (Å²) in [6.45, 7) is 8.65. The zero-order valence-electron chi connectivity index (χ0n) is 28.7. The second-order valence-corrected chi connectivity index (χ2v) is 14.0. The Hall–Kier alpha value is -3.03. The summed E-state index contributed by atoms with van der Waals surface area (Å²) in [6.07, 6.45) is 7.28. The number of nitrogens with one attached hydrogen (secondary N) is 2. The molecule has 0 radical (unpaired) electrons. The molecule has 3 unspecified atom stereocenters. The zero-order valence-corrected chi connectivity index (χ0v) is 28.6. The number of rotatable bonds is 17. The molecule has 1 aliphatic heterocycles. The molecule has 2 heterocycles. The quantitative estimate of drug-likeness (QED) is 0.125. The molecule has 2 fully saturated rings. The Balaban J connectivity index is 1.33. The Bertz CT molecular complexity index is 1440. The number of aromatic nitrogens is 2. The van der Waals surface area contributed by atoms with Gasteiger partial charge in [-0.2, -0.15) is 5.26 Å². The second-order valence-electron chi connectivity index (χ2n) is 12.6. The third kappa shape index (κ3) is 10.2. The third-order valence-electron chi connectivity index (χ3n) is 8.72. The number of amides is 1. The van der Waals surface area contributed by atoms with Gasteiger partial charge in [0.15, 0.2) is 0 Å². The molecular weight excluding hydrogens is 625 g/mol. The highest BCUT2D eigenvalue weighted by Gasteiger charge is 2.48. The number of hydrogen-bond donors (Lipinski definition) is 3. The van der Waals surface area contributed by atoms with Gasteiger partial charge in [-0.15, -0.1) is 11.8 Å². The monoisotopic (exact) mass is 674 g/mol. The fourth-order valence-electron chi connectivity index (χ4n) is 6.51. The van der Waals surface area contributed by atoms with E-state index in [2.05, 4.69) is 38.0 Å². The van der Waals surface area contributed by atoms with E-state index in [0.717, 1.165) is 32.1 Å². The van der Waals surface area contributed by atoms with Crippen molar-refractivity contribution in [3.05, 3.63) is 38.7 Å².